The molecule has 108 valence electrons. The molecular formula is C15H10F2O4. The summed E-state index contributed by atoms with van der Waals surface area (Å²) in [6, 6.07) is 7.51. The second-order valence-corrected chi connectivity index (χ2v) is 4.35. The van der Waals surface area contributed by atoms with Crippen molar-refractivity contribution in [1.29, 1.82) is 0 Å². The van der Waals surface area contributed by atoms with Gasteiger partial charge in [-0.15, -0.1) is 0 Å². The van der Waals surface area contributed by atoms with E-state index in [1.807, 2.05) is 0 Å². The van der Waals surface area contributed by atoms with E-state index in [1.54, 1.807) is 18.2 Å². The molecule has 3 rings (SSSR count). The van der Waals surface area contributed by atoms with Crippen LogP contribution in [0.5, 0.6) is 17.2 Å². The van der Waals surface area contributed by atoms with Gasteiger partial charge < -0.3 is 14.2 Å². The maximum Gasteiger partial charge on any atom is 0.231 e. The smallest absolute Gasteiger partial charge is 0.231 e. The molecular weight excluding hydrogens is 282 g/mol. The van der Waals surface area contributed by atoms with Crippen molar-refractivity contribution in [3.8, 4) is 17.2 Å². The standard InChI is InChI=1S/C15H10F2O4/c16-9-1-3-12(17)11(5-9)13(18)7-19-10-2-4-14-15(6-10)21-8-20-14/h1-6H,7-8H2. The lowest BCUT2D eigenvalue weighted by atomic mass is 10.1. The van der Waals surface area contributed by atoms with Gasteiger partial charge in [0.25, 0.3) is 0 Å². The molecule has 1 heterocycles. The number of hydrogen-bond donors (Lipinski definition) is 0. The summed E-state index contributed by atoms with van der Waals surface area (Å²) < 4.78 is 42.1. The van der Waals surface area contributed by atoms with Crippen molar-refractivity contribution in [2.45, 2.75) is 0 Å². The molecule has 0 atom stereocenters. The summed E-state index contributed by atoms with van der Waals surface area (Å²) in [5.74, 6) is -0.630. The number of halogens is 2. The molecule has 1 aliphatic rings. The number of Topliss-reactive ketones (excluding diaryl/α,β-unsaturated/α-hetero) is 1. The summed E-state index contributed by atoms with van der Waals surface area (Å²) in [6.07, 6.45) is 0. The Bertz CT molecular complexity index is 700. The molecule has 0 radical (unpaired) electrons. The van der Waals surface area contributed by atoms with Gasteiger partial charge in [0.1, 0.15) is 17.4 Å². The third-order valence-corrected chi connectivity index (χ3v) is 2.94. The number of ether oxygens (including phenoxy) is 3. The fourth-order valence-corrected chi connectivity index (χ4v) is 1.90. The zero-order chi connectivity index (χ0) is 14.8. The zero-order valence-electron chi connectivity index (χ0n) is 10.8. The lowest BCUT2D eigenvalue weighted by Crippen LogP contribution is -2.13. The van der Waals surface area contributed by atoms with Crippen molar-refractivity contribution >= 4 is 5.78 Å². The van der Waals surface area contributed by atoms with Gasteiger partial charge in [-0.3, -0.25) is 4.79 Å². The van der Waals surface area contributed by atoms with Crippen molar-refractivity contribution in [3.63, 3.8) is 0 Å². The van der Waals surface area contributed by atoms with Crippen LogP contribution in [0.1, 0.15) is 10.4 Å². The van der Waals surface area contributed by atoms with Crippen LogP contribution < -0.4 is 14.2 Å². The van der Waals surface area contributed by atoms with Crippen LogP contribution in [0.2, 0.25) is 0 Å². The van der Waals surface area contributed by atoms with E-state index in [-0.39, 0.29) is 12.4 Å². The normalized spacial score (nSPS) is 12.3. The maximum atomic E-state index is 13.4. The van der Waals surface area contributed by atoms with E-state index in [2.05, 4.69) is 0 Å². The van der Waals surface area contributed by atoms with Crippen molar-refractivity contribution < 1.29 is 27.8 Å². The van der Waals surface area contributed by atoms with E-state index in [0.717, 1.165) is 18.2 Å². The summed E-state index contributed by atoms with van der Waals surface area (Å²) in [6.45, 7) is -0.272. The molecule has 21 heavy (non-hydrogen) atoms. The molecule has 0 aromatic heterocycles. The Morgan fingerprint density at radius 2 is 1.90 bits per heavy atom. The van der Waals surface area contributed by atoms with E-state index in [9.17, 15) is 13.6 Å². The molecule has 0 amide bonds. The SMILES string of the molecule is O=C(COc1ccc2c(c1)OCO2)c1cc(F)ccc1F. The summed E-state index contributed by atoms with van der Waals surface area (Å²) >= 11 is 0. The third kappa shape index (κ3) is 2.79. The highest BCUT2D eigenvalue weighted by atomic mass is 19.1. The number of ketones is 1. The zero-order valence-corrected chi connectivity index (χ0v) is 10.8. The fraction of sp³-hybridized carbons (Fsp3) is 0.133. The molecule has 0 spiro atoms. The first kappa shape index (κ1) is 13.4. The van der Waals surface area contributed by atoms with Gasteiger partial charge in [0, 0.05) is 6.07 Å². The van der Waals surface area contributed by atoms with Gasteiger partial charge in [-0.25, -0.2) is 8.78 Å². The highest BCUT2D eigenvalue weighted by molar-refractivity contribution is 5.97. The number of benzene rings is 2. The van der Waals surface area contributed by atoms with Crippen LogP contribution in [0, 0.1) is 11.6 Å². The largest absolute Gasteiger partial charge is 0.485 e. The third-order valence-electron chi connectivity index (χ3n) is 2.94. The average Bonchev–Trinajstić information content (AvgIpc) is 2.94. The lowest BCUT2D eigenvalue weighted by Gasteiger charge is -2.07. The molecule has 0 saturated heterocycles. The van der Waals surface area contributed by atoms with Gasteiger partial charge in [0.15, 0.2) is 18.1 Å². The molecule has 0 unspecified atom stereocenters. The van der Waals surface area contributed by atoms with Crippen molar-refractivity contribution in [1.82, 2.24) is 0 Å². The Morgan fingerprint density at radius 3 is 2.76 bits per heavy atom. The molecule has 0 bridgehead atoms. The molecule has 0 saturated carbocycles. The van der Waals surface area contributed by atoms with Gasteiger partial charge >= 0.3 is 0 Å². The highest BCUT2D eigenvalue weighted by Crippen LogP contribution is 2.35. The molecule has 2 aromatic carbocycles. The number of carbonyl (C=O) groups is 1. The van der Waals surface area contributed by atoms with Crippen LogP contribution in [0.3, 0.4) is 0 Å². The second-order valence-electron chi connectivity index (χ2n) is 4.35. The van der Waals surface area contributed by atoms with Gasteiger partial charge in [-0.2, -0.15) is 0 Å². The first-order chi connectivity index (χ1) is 10.1. The van der Waals surface area contributed by atoms with Gasteiger partial charge in [0.05, 0.1) is 5.56 Å². The molecule has 0 N–H and O–H groups in total. The molecule has 1 aliphatic heterocycles. The first-order valence-electron chi connectivity index (χ1n) is 6.14. The average molecular weight is 292 g/mol. The minimum atomic E-state index is -0.782. The van der Waals surface area contributed by atoms with E-state index in [4.69, 9.17) is 14.2 Å². The monoisotopic (exact) mass is 292 g/mol. The molecule has 0 aliphatic carbocycles. The molecule has 6 heteroatoms. The second kappa shape index (κ2) is 5.40. The number of rotatable bonds is 4. The Morgan fingerprint density at radius 1 is 1.10 bits per heavy atom. The first-order valence-corrected chi connectivity index (χ1v) is 6.14. The quantitative estimate of drug-likeness (QED) is 0.813. The van der Waals surface area contributed by atoms with Crippen LogP contribution in [0.4, 0.5) is 8.78 Å². The van der Waals surface area contributed by atoms with Gasteiger partial charge in [0.2, 0.25) is 12.6 Å². The Balaban J connectivity index is 1.70. The van der Waals surface area contributed by atoms with Crippen LogP contribution in [-0.2, 0) is 0 Å². The van der Waals surface area contributed by atoms with E-state index in [0.29, 0.717) is 17.2 Å². The van der Waals surface area contributed by atoms with Crippen molar-refractivity contribution in [2.75, 3.05) is 13.4 Å². The minimum absolute atomic E-state index is 0.131. The number of carbonyl (C=O) groups excluding carboxylic acids is 1. The van der Waals surface area contributed by atoms with Crippen molar-refractivity contribution in [3.05, 3.63) is 53.6 Å². The summed E-state index contributed by atoms with van der Waals surface area (Å²) in [5.41, 5.74) is -0.337. The highest BCUT2D eigenvalue weighted by Gasteiger charge is 2.16. The number of hydrogen-bond acceptors (Lipinski definition) is 4. The van der Waals surface area contributed by atoms with E-state index in [1.165, 1.54) is 0 Å². The number of fused-ring (bicyclic) bond motifs is 1. The predicted octanol–water partition coefficient (Wildman–Crippen LogP) is 2.96. The summed E-state index contributed by atoms with van der Waals surface area (Å²) in [5, 5.41) is 0. The summed E-state index contributed by atoms with van der Waals surface area (Å²) in [4.78, 5) is 11.8. The molecule has 2 aromatic rings. The Kier molecular flexibility index (Phi) is 3.43. The van der Waals surface area contributed by atoms with E-state index < -0.39 is 24.0 Å². The minimum Gasteiger partial charge on any atom is -0.485 e. The Hall–Kier alpha value is -2.63. The van der Waals surface area contributed by atoms with Crippen LogP contribution >= 0.6 is 0 Å². The van der Waals surface area contributed by atoms with Crippen LogP contribution in [0.15, 0.2) is 36.4 Å². The van der Waals surface area contributed by atoms with Crippen LogP contribution in [-0.4, -0.2) is 19.2 Å². The Labute approximate surface area is 118 Å². The van der Waals surface area contributed by atoms with Gasteiger partial charge in [-0.1, -0.05) is 0 Å². The maximum absolute atomic E-state index is 13.4. The van der Waals surface area contributed by atoms with Gasteiger partial charge in [-0.05, 0) is 30.3 Å². The molecule has 0 fully saturated rings. The molecule has 4 nitrogen and oxygen atoms in total. The predicted molar refractivity (Wildman–Crippen MR) is 68.7 cm³/mol. The van der Waals surface area contributed by atoms with Crippen molar-refractivity contribution in [2.24, 2.45) is 0 Å². The van der Waals surface area contributed by atoms with Crippen LogP contribution in [0.25, 0.3) is 0 Å². The fourth-order valence-electron chi connectivity index (χ4n) is 1.90. The van der Waals surface area contributed by atoms with E-state index >= 15 is 0 Å². The summed E-state index contributed by atoms with van der Waals surface area (Å²) in [7, 11) is 0. The lowest BCUT2D eigenvalue weighted by molar-refractivity contribution is 0.0916. The topological polar surface area (TPSA) is 44.8 Å².